The van der Waals surface area contributed by atoms with E-state index in [1.807, 2.05) is 24.5 Å². The highest BCUT2D eigenvalue weighted by Crippen LogP contribution is 2.31. The van der Waals surface area contributed by atoms with Crippen LogP contribution in [0.15, 0.2) is 73.3 Å². The molecule has 0 atom stereocenters. The van der Waals surface area contributed by atoms with E-state index in [-0.39, 0.29) is 0 Å². The molecule has 0 aliphatic carbocycles. The second-order valence-electron chi connectivity index (χ2n) is 8.25. The maximum absolute atomic E-state index is 4.62. The van der Waals surface area contributed by atoms with Crippen molar-refractivity contribution in [1.82, 2.24) is 25.1 Å². The molecule has 1 aromatic carbocycles. The quantitative estimate of drug-likeness (QED) is 0.315. The van der Waals surface area contributed by atoms with E-state index in [1.54, 1.807) is 6.20 Å². The van der Waals surface area contributed by atoms with Crippen molar-refractivity contribution in [1.29, 1.82) is 0 Å². The van der Waals surface area contributed by atoms with Crippen LogP contribution in [0.25, 0.3) is 44.5 Å². The average Bonchev–Trinajstić information content (AvgIpc) is 3.36. The van der Waals surface area contributed by atoms with Gasteiger partial charge in [0.1, 0.15) is 5.69 Å². The van der Waals surface area contributed by atoms with E-state index in [0.29, 0.717) is 5.92 Å². The van der Waals surface area contributed by atoms with Crippen LogP contribution in [0.1, 0.15) is 20.3 Å². The molecule has 6 nitrogen and oxygen atoms in total. The Bertz CT molecular complexity index is 1360. The summed E-state index contributed by atoms with van der Waals surface area (Å²) in [5.74, 6) is 0.546. The van der Waals surface area contributed by atoms with Crippen LogP contribution in [0.2, 0.25) is 0 Å². The van der Waals surface area contributed by atoms with Crippen LogP contribution in [0, 0.1) is 5.92 Å². The summed E-state index contributed by atoms with van der Waals surface area (Å²) in [5.41, 5.74) is 7.51. The molecule has 31 heavy (non-hydrogen) atoms. The highest BCUT2D eigenvalue weighted by molar-refractivity contribution is 5.96. The lowest BCUT2D eigenvalue weighted by Gasteiger charge is -2.12. The number of fused-ring (bicyclic) bond motifs is 2. The molecule has 0 aliphatic heterocycles. The summed E-state index contributed by atoms with van der Waals surface area (Å²) in [6, 6.07) is 14.5. The zero-order chi connectivity index (χ0) is 21.4. The summed E-state index contributed by atoms with van der Waals surface area (Å²) in [7, 11) is 0. The highest BCUT2D eigenvalue weighted by atomic mass is 15.1. The predicted octanol–water partition coefficient (Wildman–Crippen LogP) is 6.14. The molecular weight excluding hydrogens is 384 g/mol. The fourth-order valence-electron chi connectivity index (χ4n) is 3.88. The summed E-state index contributed by atoms with van der Waals surface area (Å²) >= 11 is 0. The molecular formula is C25H24N6. The first-order valence-electron chi connectivity index (χ1n) is 10.4. The molecule has 4 heterocycles. The van der Waals surface area contributed by atoms with Gasteiger partial charge in [-0.25, -0.2) is 0 Å². The summed E-state index contributed by atoms with van der Waals surface area (Å²) in [5, 5.41) is 13.2. The number of allylic oxidation sites excluding steroid dienone is 1. The van der Waals surface area contributed by atoms with Crippen LogP contribution in [-0.2, 0) is 0 Å². The normalized spacial score (nSPS) is 11.5. The summed E-state index contributed by atoms with van der Waals surface area (Å²) in [6.07, 6.45) is 6.37. The van der Waals surface area contributed by atoms with E-state index in [2.05, 4.69) is 81.2 Å². The number of rotatable bonds is 6. The van der Waals surface area contributed by atoms with Crippen molar-refractivity contribution in [2.45, 2.75) is 20.3 Å². The molecule has 5 aromatic rings. The van der Waals surface area contributed by atoms with Crippen LogP contribution in [0.3, 0.4) is 0 Å². The van der Waals surface area contributed by atoms with Crippen molar-refractivity contribution in [3.8, 4) is 22.6 Å². The molecule has 154 valence electrons. The van der Waals surface area contributed by atoms with Crippen LogP contribution in [-0.4, -0.2) is 25.1 Å². The molecule has 0 fully saturated rings. The fourth-order valence-corrected chi connectivity index (χ4v) is 3.88. The Balaban J connectivity index is 1.51. The van der Waals surface area contributed by atoms with Crippen LogP contribution >= 0.6 is 0 Å². The van der Waals surface area contributed by atoms with Crippen molar-refractivity contribution in [3.05, 3.63) is 73.3 Å². The molecule has 5 rings (SSSR count). The number of benzene rings is 1. The van der Waals surface area contributed by atoms with Gasteiger partial charge in [0.2, 0.25) is 0 Å². The third-order valence-electron chi connectivity index (χ3n) is 5.24. The Kier molecular flexibility index (Phi) is 4.75. The first-order valence-corrected chi connectivity index (χ1v) is 10.4. The minimum absolute atomic E-state index is 0.546. The molecule has 0 saturated carbocycles. The molecule has 4 aromatic heterocycles. The predicted molar refractivity (Wildman–Crippen MR) is 127 cm³/mol. The van der Waals surface area contributed by atoms with Gasteiger partial charge >= 0.3 is 0 Å². The maximum Gasteiger partial charge on any atom is 0.116 e. The third kappa shape index (κ3) is 3.80. The molecule has 0 saturated heterocycles. The van der Waals surface area contributed by atoms with Crippen molar-refractivity contribution in [2.75, 3.05) is 5.32 Å². The number of para-hydroxylation sites is 1. The van der Waals surface area contributed by atoms with Gasteiger partial charge in [0.05, 0.1) is 35.0 Å². The van der Waals surface area contributed by atoms with Gasteiger partial charge < -0.3 is 10.3 Å². The molecule has 3 N–H and O–H groups in total. The van der Waals surface area contributed by atoms with Gasteiger partial charge in [-0.15, -0.1) is 0 Å². The number of H-pyrrole nitrogens is 2. The summed E-state index contributed by atoms with van der Waals surface area (Å²) in [6.45, 7) is 8.47. The lowest BCUT2D eigenvalue weighted by molar-refractivity contribution is 0.645. The Labute approximate surface area is 180 Å². The molecule has 0 radical (unpaired) electrons. The number of hydrogen-bond acceptors (Lipinski definition) is 4. The fraction of sp³-hybridized carbons (Fsp3) is 0.160. The largest absolute Gasteiger partial charge is 0.358 e. The first kappa shape index (κ1) is 19.1. The summed E-state index contributed by atoms with van der Waals surface area (Å²) in [4.78, 5) is 12.5. The van der Waals surface area contributed by atoms with Crippen LogP contribution in [0.5, 0.6) is 0 Å². The molecule has 0 aliphatic rings. The van der Waals surface area contributed by atoms with E-state index in [1.165, 1.54) is 0 Å². The second kappa shape index (κ2) is 7.72. The zero-order valence-electron chi connectivity index (χ0n) is 17.6. The van der Waals surface area contributed by atoms with Gasteiger partial charge in [0.15, 0.2) is 0 Å². The average molecular weight is 409 g/mol. The lowest BCUT2D eigenvalue weighted by atomic mass is 10.1. The number of nitrogens with zero attached hydrogens (tertiary/aromatic N) is 3. The minimum atomic E-state index is 0.546. The van der Waals surface area contributed by atoms with E-state index < -0.39 is 0 Å². The van der Waals surface area contributed by atoms with E-state index >= 15 is 0 Å². The van der Waals surface area contributed by atoms with Crippen molar-refractivity contribution < 1.29 is 0 Å². The van der Waals surface area contributed by atoms with E-state index in [0.717, 1.165) is 62.3 Å². The van der Waals surface area contributed by atoms with Gasteiger partial charge in [-0.1, -0.05) is 38.6 Å². The molecule has 6 heteroatoms. The summed E-state index contributed by atoms with van der Waals surface area (Å²) < 4.78 is 0. The number of aromatic amines is 2. The smallest absolute Gasteiger partial charge is 0.116 e. The Morgan fingerprint density at radius 2 is 1.94 bits per heavy atom. The van der Waals surface area contributed by atoms with Crippen molar-refractivity contribution >= 4 is 27.5 Å². The highest BCUT2D eigenvalue weighted by Gasteiger charge is 2.13. The third-order valence-corrected chi connectivity index (χ3v) is 5.24. The lowest BCUT2D eigenvalue weighted by Crippen LogP contribution is -2.02. The number of pyridine rings is 2. The molecule has 0 spiro atoms. The van der Waals surface area contributed by atoms with E-state index in [9.17, 15) is 0 Å². The Morgan fingerprint density at radius 1 is 1.06 bits per heavy atom. The molecule has 0 amide bonds. The molecule has 0 bridgehead atoms. The number of anilines is 1. The monoisotopic (exact) mass is 408 g/mol. The second-order valence-corrected chi connectivity index (χ2v) is 8.25. The Morgan fingerprint density at radius 3 is 2.77 bits per heavy atom. The number of hydrogen-bond donors (Lipinski definition) is 3. The van der Waals surface area contributed by atoms with Crippen LogP contribution in [0.4, 0.5) is 5.69 Å². The van der Waals surface area contributed by atoms with Crippen molar-refractivity contribution in [3.63, 3.8) is 0 Å². The topological polar surface area (TPSA) is 82.3 Å². The first-order chi connectivity index (χ1) is 15.1. The maximum atomic E-state index is 4.62. The van der Waals surface area contributed by atoms with Gasteiger partial charge in [-0.05, 0) is 36.6 Å². The minimum Gasteiger partial charge on any atom is -0.358 e. The van der Waals surface area contributed by atoms with Gasteiger partial charge in [-0.3, -0.25) is 15.1 Å². The van der Waals surface area contributed by atoms with Crippen LogP contribution < -0.4 is 5.32 Å². The standard InChI is InChI=1S/C25H24N6/c1-15(2)8-16(3)28-19-9-18(12-26-13-19)22-11-20-24(14-27-22)30-31-25(20)23-10-17-6-4-5-7-21(17)29-23/h4-7,9-15,28-29H,3,8H2,1-2H3,(H,30,31). The zero-order valence-corrected chi connectivity index (χ0v) is 17.6. The van der Waals surface area contributed by atoms with Gasteiger partial charge in [0.25, 0.3) is 0 Å². The SMILES string of the molecule is C=C(CC(C)C)Nc1cncc(-c2cc3c(-c4cc5ccccc5[nH]4)n[nH]c3cn2)c1. The number of aromatic nitrogens is 5. The molecule has 0 unspecified atom stereocenters. The van der Waals surface area contributed by atoms with E-state index in [4.69, 9.17) is 0 Å². The van der Waals surface area contributed by atoms with Gasteiger partial charge in [-0.2, -0.15) is 5.10 Å². The number of nitrogens with one attached hydrogen (secondary N) is 3. The van der Waals surface area contributed by atoms with Crippen molar-refractivity contribution in [2.24, 2.45) is 5.92 Å². The van der Waals surface area contributed by atoms with Gasteiger partial charge in [0, 0.05) is 33.7 Å². The Hall–Kier alpha value is -3.93.